The number of hydrogen-bond acceptors (Lipinski definition) is 6. The van der Waals surface area contributed by atoms with Crippen LogP contribution in [0.5, 0.6) is 0 Å². The Kier molecular flexibility index (Phi) is 15.8. The van der Waals surface area contributed by atoms with Crippen LogP contribution in [0.3, 0.4) is 0 Å². The number of aryl methyl sites for hydroxylation is 1. The van der Waals surface area contributed by atoms with Crippen LogP contribution < -0.4 is 0 Å². The standard InChI is InChI=1S/C34H54O5S/c1-6-10-19-35-25-30-32(36-20-11-7-2)34(38-22-13-9-4)33(37-21-12-8-3)31(39-30)28-16-14-15-27(23-28)24-29-18-17-26(5)40-29/h14-18,23,30-34H,6-13,19-22,24-25H2,1-5H3/t30?,31-,32+,33-,34-/m0/s1. The molecule has 226 valence electrons. The lowest BCUT2D eigenvalue weighted by molar-refractivity contribution is -0.268. The second-order valence-electron chi connectivity index (χ2n) is 11.0. The van der Waals surface area contributed by atoms with Gasteiger partial charge in [-0.05, 0) is 55.9 Å². The Morgan fingerprint density at radius 1 is 0.725 bits per heavy atom. The van der Waals surface area contributed by atoms with E-state index in [9.17, 15) is 0 Å². The van der Waals surface area contributed by atoms with Gasteiger partial charge in [0, 0.05) is 42.6 Å². The van der Waals surface area contributed by atoms with Crippen LogP contribution in [0.25, 0.3) is 0 Å². The van der Waals surface area contributed by atoms with Crippen LogP contribution in [0.4, 0.5) is 0 Å². The molecule has 2 heterocycles. The summed E-state index contributed by atoms with van der Waals surface area (Å²) in [4.78, 5) is 2.72. The lowest BCUT2D eigenvalue weighted by atomic mass is 9.89. The summed E-state index contributed by atoms with van der Waals surface area (Å²) in [5, 5.41) is 0. The van der Waals surface area contributed by atoms with E-state index in [1.807, 2.05) is 11.3 Å². The van der Waals surface area contributed by atoms with Crippen molar-refractivity contribution in [2.45, 2.75) is 123 Å². The van der Waals surface area contributed by atoms with Crippen LogP contribution in [-0.2, 0) is 30.1 Å². The Bertz CT molecular complexity index is 931. The normalized spacial score (nSPS) is 23.1. The Hall–Kier alpha value is -1.28. The summed E-state index contributed by atoms with van der Waals surface area (Å²) in [5.41, 5.74) is 2.43. The zero-order valence-corrected chi connectivity index (χ0v) is 26.5. The fourth-order valence-electron chi connectivity index (χ4n) is 5.09. The first kappa shape index (κ1) is 33.2. The molecule has 0 amide bonds. The molecule has 1 fully saturated rings. The van der Waals surface area contributed by atoms with E-state index in [0.717, 1.165) is 70.0 Å². The van der Waals surface area contributed by atoms with Crippen molar-refractivity contribution in [3.63, 3.8) is 0 Å². The summed E-state index contributed by atoms with van der Waals surface area (Å²) >= 11 is 1.86. The maximum Gasteiger partial charge on any atom is 0.117 e. The van der Waals surface area contributed by atoms with E-state index < -0.39 is 0 Å². The van der Waals surface area contributed by atoms with Gasteiger partial charge in [-0.3, -0.25) is 0 Å². The molecule has 0 radical (unpaired) electrons. The fourth-order valence-corrected chi connectivity index (χ4v) is 6.01. The zero-order valence-electron chi connectivity index (χ0n) is 25.7. The Balaban J connectivity index is 1.93. The average molecular weight is 575 g/mol. The summed E-state index contributed by atoms with van der Waals surface area (Å²) in [7, 11) is 0. The minimum absolute atomic E-state index is 0.220. The minimum Gasteiger partial charge on any atom is -0.379 e. The van der Waals surface area contributed by atoms with Gasteiger partial charge < -0.3 is 23.7 Å². The first-order valence-electron chi connectivity index (χ1n) is 15.8. The highest BCUT2D eigenvalue weighted by Crippen LogP contribution is 2.38. The highest BCUT2D eigenvalue weighted by molar-refractivity contribution is 7.11. The molecule has 0 spiro atoms. The molecule has 1 aromatic heterocycles. The summed E-state index contributed by atoms with van der Waals surface area (Å²) in [6.45, 7) is 14.2. The molecule has 1 aliphatic heterocycles. The van der Waals surface area contributed by atoms with Gasteiger partial charge in [0.15, 0.2) is 0 Å². The van der Waals surface area contributed by atoms with Crippen molar-refractivity contribution in [2.24, 2.45) is 0 Å². The first-order chi connectivity index (χ1) is 19.6. The van der Waals surface area contributed by atoms with Crippen LogP contribution in [0.1, 0.15) is 106 Å². The highest BCUT2D eigenvalue weighted by Gasteiger charge is 2.48. The lowest BCUT2D eigenvalue weighted by Gasteiger charge is -2.46. The third-order valence-electron chi connectivity index (χ3n) is 7.44. The third-order valence-corrected chi connectivity index (χ3v) is 8.44. The van der Waals surface area contributed by atoms with Crippen LogP contribution in [0.2, 0.25) is 0 Å². The van der Waals surface area contributed by atoms with Crippen LogP contribution >= 0.6 is 11.3 Å². The van der Waals surface area contributed by atoms with Crippen molar-refractivity contribution >= 4 is 11.3 Å². The fraction of sp³-hybridized carbons (Fsp3) is 0.706. The van der Waals surface area contributed by atoms with Crippen molar-refractivity contribution < 1.29 is 23.7 Å². The smallest absolute Gasteiger partial charge is 0.117 e. The molecule has 3 rings (SSSR count). The predicted molar refractivity (Wildman–Crippen MR) is 166 cm³/mol. The minimum atomic E-state index is -0.251. The molecule has 40 heavy (non-hydrogen) atoms. The van der Waals surface area contributed by atoms with Gasteiger partial charge in [-0.1, -0.05) is 77.6 Å². The van der Waals surface area contributed by atoms with Gasteiger partial charge in [0.05, 0.1) is 6.61 Å². The Labute approximate surface area is 247 Å². The summed E-state index contributed by atoms with van der Waals surface area (Å²) in [6.07, 6.45) is 8.18. The molecular weight excluding hydrogens is 520 g/mol. The molecule has 0 saturated carbocycles. The van der Waals surface area contributed by atoms with Gasteiger partial charge in [0.2, 0.25) is 0 Å². The maximum atomic E-state index is 6.93. The van der Waals surface area contributed by atoms with E-state index in [-0.39, 0.29) is 30.5 Å². The lowest BCUT2D eigenvalue weighted by Crippen LogP contribution is -2.58. The Morgan fingerprint density at radius 2 is 1.35 bits per heavy atom. The number of hydrogen-bond donors (Lipinski definition) is 0. The second-order valence-corrected chi connectivity index (χ2v) is 12.4. The summed E-state index contributed by atoms with van der Waals surface area (Å²) in [5.74, 6) is 0. The second kappa shape index (κ2) is 19.0. The number of ether oxygens (including phenoxy) is 5. The molecule has 0 bridgehead atoms. The molecule has 5 nitrogen and oxygen atoms in total. The van der Waals surface area contributed by atoms with Crippen LogP contribution in [0.15, 0.2) is 36.4 Å². The van der Waals surface area contributed by atoms with E-state index in [2.05, 4.69) is 71.0 Å². The topological polar surface area (TPSA) is 46.2 Å². The van der Waals surface area contributed by atoms with Crippen molar-refractivity contribution in [3.05, 3.63) is 57.3 Å². The average Bonchev–Trinajstić information content (AvgIpc) is 3.37. The van der Waals surface area contributed by atoms with Gasteiger partial charge in [0.1, 0.15) is 30.5 Å². The van der Waals surface area contributed by atoms with Crippen molar-refractivity contribution in [1.29, 1.82) is 0 Å². The summed E-state index contributed by atoms with van der Waals surface area (Å²) < 4.78 is 33.0. The molecule has 6 heteroatoms. The van der Waals surface area contributed by atoms with Gasteiger partial charge in [-0.25, -0.2) is 0 Å². The number of rotatable bonds is 20. The number of benzene rings is 1. The summed E-state index contributed by atoms with van der Waals surface area (Å²) in [6, 6.07) is 13.3. The predicted octanol–water partition coefficient (Wildman–Crippen LogP) is 8.46. The van der Waals surface area contributed by atoms with E-state index >= 15 is 0 Å². The molecule has 2 aromatic rings. The first-order valence-corrected chi connectivity index (χ1v) is 16.6. The maximum absolute atomic E-state index is 6.93. The van der Waals surface area contributed by atoms with Crippen molar-refractivity contribution in [2.75, 3.05) is 33.0 Å². The zero-order chi connectivity index (χ0) is 28.6. The molecule has 1 aromatic carbocycles. The van der Waals surface area contributed by atoms with Gasteiger partial charge >= 0.3 is 0 Å². The quantitative estimate of drug-likeness (QED) is 0.148. The third kappa shape index (κ3) is 10.5. The number of thiophene rings is 1. The van der Waals surface area contributed by atoms with E-state index in [0.29, 0.717) is 26.4 Å². The molecule has 0 aliphatic carbocycles. The van der Waals surface area contributed by atoms with Gasteiger partial charge in [-0.2, -0.15) is 0 Å². The van der Waals surface area contributed by atoms with Crippen molar-refractivity contribution in [1.82, 2.24) is 0 Å². The van der Waals surface area contributed by atoms with Gasteiger partial charge in [-0.15, -0.1) is 11.3 Å². The monoisotopic (exact) mass is 574 g/mol. The van der Waals surface area contributed by atoms with E-state index in [1.54, 1.807) is 0 Å². The van der Waals surface area contributed by atoms with E-state index in [4.69, 9.17) is 23.7 Å². The van der Waals surface area contributed by atoms with Crippen LogP contribution in [0, 0.1) is 6.92 Å². The van der Waals surface area contributed by atoms with Crippen LogP contribution in [-0.4, -0.2) is 57.5 Å². The largest absolute Gasteiger partial charge is 0.379 e. The molecule has 5 atom stereocenters. The molecule has 1 saturated heterocycles. The Morgan fingerprint density at radius 3 is 1.98 bits per heavy atom. The molecule has 0 N–H and O–H groups in total. The molecule has 1 aliphatic rings. The molecular formula is C34H54O5S. The number of unbranched alkanes of at least 4 members (excludes halogenated alkanes) is 4. The van der Waals surface area contributed by atoms with Gasteiger partial charge in [0.25, 0.3) is 0 Å². The van der Waals surface area contributed by atoms with Crippen molar-refractivity contribution in [3.8, 4) is 0 Å². The highest BCUT2D eigenvalue weighted by atomic mass is 32.1. The van der Waals surface area contributed by atoms with E-state index in [1.165, 1.54) is 15.3 Å². The molecule has 1 unspecified atom stereocenters. The SMILES string of the molecule is CCCCOCC1O[C@@H](c2cccc(Cc3ccc(C)s3)c2)[C@H](OCCCC)[C@@H](OCCCC)[C@@H]1OCCCC.